The lowest BCUT2D eigenvalue weighted by atomic mass is 10.1. The number of hydrogen-bond donors (Lipinski definition) is 2. The average Bonchev–Trinajstić information content (AvgIpc) is 2.56. The van der Waals surface area contributed by atoms with E-state index in [0.29, 0.717) is 31.0 Å². The zero-order valence-corrected chi connectivity index (χ0v) is 10.5. The van der Waals surface area contributed by atoms with Crippen LogP contribution in [0, 0.1) is 0 Å². The number of carbonyl (C=O) groups excluding carboxylic acids is 1. The topological polar surface area (TPSA) is 57.3 Å². The minimum atomic E-state index is -4.43. The third kappa shape index (κ3) is 2.20. The maximum atomic E-state index is 12.7. The van der Waals surface area contributed by atoms with Gasteiger partial charge in [0.05, 0.1) is 5.56 Å². The molecule has 0 saturated carbocycles. The summed E-state index contributed by atoms with van der Waals surface area (Å²) in [7, 11) is 0. The van der Waals surface area contributed by atoms with Gasteiger partial charge in [-0.3, -0.25) is 4.79 Å². The molecule has 1 saturated heterocycles. The molecule has 0 unspecified atom stereocenters. The molecule has 1 aromatic rings. The Morgan fingerprint density at radius 2 is 2.20 bits per heavy atom. The Balaban J connectivity index is 2.03. The maximum Gasteiger partial charge on any atom is 0.417 e. The number of halogens is 3. The number of rotatable bonds is 0. The van der Waals surface area contributed by atoms with Crippen molar-refractivity contribution in [3.05, 3.63) is 23.4 Å². The third-order valence-corrected chi connectivity index (χ3v) is 3.54. The number of pyridine rings is 1. The van der Waals surface area contributed by atoms with Gasteiger partial charge in [-0.2, -0.15) is 13.2 Å². The molecule has 1 atom stereocenters. The van der Waals surface area contributed by atoms with E-state index in [9.17, 15) is 18.0 Å². The lowest BCUT2D eigenvalue weighted by Crippen LogP contribution is -2.57. The van der Waals surface area contributed by atoms with Crippen molar-refractivity contribution in [3.8, 4) is 0 Å². The minimum Gasteiger partial charge on any atom is -0.350 e. The first-order valence-electron chi connectivity index (χ1n) is 6.28. The maximum absolute atomic E-state index is 12.7. The summed E-state index contributed by atoms with van der Waals surface area (Å²) in [5, 5.41) is 5.75. The van der Waals surface area contributed by atoms with Crippen molar-refractivity contribution in [2.45, 2.75) is 18.8 Å². The molecule has 5 nitrogen and oxygen atoms in total. The second-order valence-corrected chi connectivity index (χ2v) is 4.84. The van der Waals surface area contributed by atoms with Crippen LogP contribution in [0.1, 0.15) is 11.1 Å². The van der Waals surface area contributed by atoms with E-state index in [1.54, 1.807) is 4.90 Å². The van der Waals surface area contributed by atoms with Crippen molar-refractivity contribution in [2.24, 2.45) is 0 Å². The zero-order valence-electron chi connectivity index (χ0n) is 10.5. The Hall–Kier alpha value is -1.83. The van der Waals surface area contributed by atoms with Gasteiger partial charge in [0.2, 0.25) is 5.91 Å². The van der Waals surface area contributed by atoms with Gasteiger partial charge in [0.25, 0.3) is 0 Å². The van der Waals surface area contributed by atoms with Gasteiger partial charge in [-0.1, -0.05) is 0 Å². The highest BCUT2D eigenvalue weighted by atomic mass is 19.4. The van der Waals surface area contributed by atoms with E-state index in [-0.39, 0.29) is 12.5 Å². The second-order valence-electron chi connectivity index (χ2n) is 4.84. The smallest absolute Gasteiger partial charge is 0.350 e. The van der Waals surface area contributed by atoms with E-state index in [2.05, 4.69) is 15.6 Å². The number of fused-ring (bicyclic) bond motifs is 3. The van der Waals surface area contributed by atoms with Gasteiger partial charge < -0.3 is 15.5 Å². The predicted octanol–water partition coefficient (Wildman–Crippen LogP) is 0.508. The lowest BCUT2D eigenvalue weighted by Gasteiger charge is -2.34. The first-order chi connectivity index (χ1) is 9.47. The molecule has 2 aliphatic rings. The number of nitrogens with one attached hydrogen (secondary N) is 2. The van der Waals surface area contributed by atoms with Crippen LogP contribution in [0.5, 0.6) is 0 Å². The van der Waals surface area contributed by atoms with Gasteiger partial charge in [0.15, 0.2) is 0 Å². The van der Waals surface area contributed by atoms with Crippen LogP contribution in [-0.2, 0) is 17.5 Å². The molecule has 3 heterocycles. The van der Waals surface area contributed by atoms with Gasteiger partial charge in [0, 0.05) is 37.9 Å². The summed E-state index contributed by atoms with van der Waals surface area (Å²) in [5.41, 5.74) is -0.392. The van der Waals surface area contributed by atoms with Crippen molar-refractivity contribution in [1.82, 2.24) is 15.6 Å². The molecule has 20 heavy (non-hydrogen) atoms. The van der Waals surface area contributed by atoms with Gasteiger partial charge >= 0.3 is 6.18 Å². The van der Waals surface area contributed by atoms with Crippen molar-refractivity contribution in [3.63, 3.8) is 0 Å². The number of piperazine rings is 1. The number of amides is 1. The van der Waals surface area contributed by atoms with Crippen LogP contribution in [0.3, 0.4) is 0 Å². The number of nitrogens with zero attached hydrogens (tertiary/aromatic N) is 2. The summed E-state index contributed by atoms with van der Waals surface area (Å²) >= 11 is 0. The Labute approximate surface area is 113 Å². The Morgan fingerprint density at radius 1 is 1.40 bits per heavy atom. The molecule has 108 valence electrons. The Bertz CT molecular complexity index is 546. The highest BCUT2D eigenvalue weighted by molar-refractivity contribution is 5.87. The van der Waals surface area contributed by atoms with E-state index < -0.39 is 17.8 Å². The van der Waals surface area contributed by atoms with Crippen LogP contribution in [-0.4, -0.2) is 36.6 Å². The fourth-order valence-electron chi connectivity index (χ4n) is 2.54. The number of hydrogen-bond acceptors (Lipinski definition) is 4. The fraction of sp³-hybridized carbons (Fsp3) is 0.500. The number of aromatic nitrogens is 1. The Morgan fingerprint density at radius 3 is 2.95 bits per heavy atom. The number of anilines is 1. The summed E-state index contributed by atoms with van der Waals surface area (Å²) in [5.74, 6) is 0.270. The minimum absolute atomic E-state index is 0.0675. The molecule has 8 heteroatoms. The van der Waals surface area contributed by atoms with E-state index >= 15 is 0 Å². The molecule has 2 N–H and O–H groups in total. The second kappa shape index (κ2) is 4.62. The van der Waals surface area contributed by atoms with E-state index in [4.69, 9.17) is 0 Å². The summed E-state index contributed by atoms with van der Waals surface area (Å²) in [6.45, 7) is 1.75. The van der Waals surface area contributed by atoms with Crippen LogP contribution < -0.4 is 15.5 Å². The van der Waals surface area contributed by atoms with E-state index in [1.165, 1.54) is 0 Å². The monoisotopic (exact) mass is 286 g/mol. The lowest BCUT2D eigenvalue weighted by molar-refractivity contribution is -0.137. The molecule has 1 aromatic heterocycles. The van der Waals surface area contributed by atoms with Crippen LogP contribution in [0.25, 0.3) is 0 Å². The summed E-state index contributed by atoms with van der Waals surface area (Å²) in [4.78, 5) is 17.7. The zero-order chi connectivity index (χ0) is 14.3. The standard InChI is InChI=1S/C12H13F3N4O/c13-12(14,15)8-3-7-4-18-11(20)9-6-16-1-2-19(9)10(7)17-5-8/h3,5,9,16H,1-2,4,6H2,(H,18,20)/t9-/m1/s1. The largest absolute Gasteiger partial charge is 0.417 e. The SMILES string of the molecule is O=C1NCc2cc(C(F)(F)F)cnc2N2CCNC[C@H]12. The molecule has 0 bridgehead atoms. The number of carbonyl (C=O) groups is 1. The first kappa shape index (κ1) is 13.2. The molecular formula is C12H13F3N4O. The van der Waals surface area contributed by atoms with Gasteiger partial charge in [-0.05, 0) is 6.07 Å². The third-order valence-electron chi connectivity index (χ3n) is 3.54. The summed E-state index contributed by atoms with van der Waals surface area (Å²) in [6.07, 6.45) is -3.60. The summed E-state index contributed by atoms with van der Waals surface area (Å²) in [6, 6.07) is 0.641. The van der Waals surface area contributed by atoms with Crippen molar-refractivity contribution in [2.75, 3.05) is 24.5 Å². The van der Waals surface area contributed by atoms with E-state index in [1.807, 2.05) is 0 Å². The predicted molar refractivity (Wildman–Crippen MR) is 65.1 cm³/mol. The first-order valence-corrected chi connectivity index (χ1v) is 6.28. The van der Waals surface area contributed by atoms with Crippen LogP contribution in [0.4, 0.5) is 19.0 Å². The molecule has 1 fully saturated rings. The number of alkyl halides is 3. The fourth-order valence-corrected chi connectivity index (χ4v) is 2.54. The molecule has 1 amide bonds. The Kier molecular flexibility index (Phi) is 3.04. The van der Waals surface area contributed by atoms with Gasteiger partial charge in [0.1, 0.15) is 11.9 Å². The molecule has 0 radical (unpaired) electrons. The quantitative estimate of drug-likeness (QED) is 0.729. The molecule has 0 aliphatic carbocycles. The highest BCUT2D eigenvalue weighted by Crippen LogP contribution is 2.32. The highest BCUT2D eigenvalue weighted by Gasteiger charge is 2.36. The van der Waals surface area contributed by atoms with Crippen molar-refractivity contribution >= 4 is 11.7 Å². The molecule has 0 aromatic carbocycles. The van der Waals surface area contributed by atoms with E-state index in [0.717, 1.165) is 12.3 Å². The van der Waals surface area contributed by atoms with Crippen LogP contribution >= 0.6 is 0 Å². The van der Waals surface area contributed by atoms with Crippen LogP contribution in [0.15, 0.2) is 12.3 Å². The molecule has 0 spiro atoms. The van der Waals surface area contributed by atoms with Crippen molar-refractivity contribution < 1.29 is 18.0 Å². The normalized spacial score (nSPS) is 22.6. The molecule has 2 aliphatic heterocycles. The molecule has 3 rings (SSSR count). The van der Waals surface area contributed by atoms with Crippen LogP contribution in [0.2, 0.25) is 0 Å². The average molecular weight is 286 g/mol. The summed E-state index contributed by atoms with van der Waals surface area (Å²) < 4.78 is 38.2. The molecular weight excluding hydrogens is 273 g/mol. The van der Waals surface area contributed by atoms with Crippen molar-refractivity contribution in [1.29, 1.82) is 0 Å². The van der Waals surface area contributed by atoms with Gasteiger partial charge in [-0.25, -0.2) is 4.98 Å². The van der Waals surface area contributed by atoms with Gasteiger partial charge in [-0.15, -0.1) is 0 Å².